The Morgan fingerprint density at radius 1 is 1.21 bits per heavy atom. The molecule has 1 aliphatic rings. The summed E-state index contributed by atoms with van der Waals surface area (Å²) in [4.78, 5) is 20.3. The lowest BCUT2D eigenvalue weighted by molar-refractivity contribution is 0.0966. The number of rotatable bonds is 4. The highest BCUT2D eigenvalue weighted by Crippen LogP contribution is 2.40. The lowest BCUT2D eigenvalue weighted by Crippen LogP contribution is -2.21. The second kappa shape index (κ2) is 7.58. The molecule has 5 rings (SSSR count). The van der Waals surface area contributed by atoms with Crippen molar-refractivity contribution in [2.24, 2.45) is 0 Å². The van der Waals surface area contributed by atoms with Crippen LogP contribution in [0.4, 0.5) is 0 Å². The molecule has 1 unspecified atom stereocenters. The first kappa shape index (κ1) is 18.3. The van der Waals surface area contributed by atoms with E-state index in [2.05, 4.69) is 57.7 Å². The summed E-state index contributed by atoms with van der Waals surface area (Å²) in [5, 5.41) is 5.25. The molecule has 0 bridgehead atoms. The van der Waals surface area contributed by atoms with Gasteiger partial charge < -0.3 is 5.32 Å². The largest absolute Gasteiger partial charge is 0.354 e. The van der Waals surface area contributed by atoms with Gasteiger partial charge in [0, 0.05) is 42.3 Å². The van der Waals surface area contributed by atoms with E-state index < -0.39 is 0 Å². The zero-order chi connectivity index (χ0) is 19.8. The molecule has 1 fully saturated rings. The lowest BCUT2D eigenvalue weighted by atomic mass is 9.95. The minimum absolute atomic E-state index is 0.0293. The summed E-state index contributed by atoms with van der Waals surface area (Å²) in [6, 6.07) is 19.0. The second-order valence-corrected chi connectivity index (χ2v) is 8.72. The number of pyridine rings is 1. The number of nitrogens with zero attached hydrogens (tertiary/aromatic N) is 2. The summed E-state index contributed by atoms with van der Waals surface area (Å²) >= 11 is 1.61. The Labute approximate surface area is 174 Å². The SMILES string of the molecule is CNC(=O)c1sc2ccccc2c1C1CCN(Cc2ccc3ncccc3c2)C1. The third kappa shape index (κ3) is 3.41. The minimum Gasteiger partial charge on any atom is -0.354 e. The normalized spacial score (nSPS) is 17.2. The van der Waals surface area contributed by atoms with Gasteiger partial charge in [0.2, 0.25) is 0 Å². The lowest BCUT2D eigenvalue weighted by Gasteiger charge is -2.17. The van der Waals surface area contributed by atoms with E-state index in [9.17, 15) is 4.79 Å². The molecule has 29 heavy (non-hydrogen) atoms. The average Bonchev–Trinajstić information content (AvgIpc) is 3.37. The zero-order valence-electron chi connectivity index (χ0n) is 16.4. The van der Waals surface area contributed by atoms with Crippen LogP contribution in [0.15, 0.2) is 60.8 Å². The fourth-order valence-corrected chi connectivity index (χ4v) is 5.68. The molecule has 0 radical (unpaired) electrons. The van der Waals surface area contributed by atoms with Crippen LogP contribution >= 0.6 is 11.3 Å². The van der Waals surface area contributed by atoms with Crippen LogP contribution < -0.4 is 5.32 Å². The van der Waals surface area contributed by atoms with Gasteiger partial charge in [-0.3, -0.25) is 14.7 Å². The van der Waals surface area contributed by atoms with E-state index in [4.69, 9.17) is 0 Å². The number of aromatic nitrogens is 1. The Hall–Kier alpha value is -2.76. The van der Waals surface area contributed by atoms with Gasteiger partial charge in [-0.05, 0) is 53.7 Å². The molecule has 3 heterocycles. The first-order valence-electron chi connectivity index (χ1n) is 10.0. The maximum absolute atomic E-state index is 12.5. The topological polar surface area (TPSA) is 45.2 Å². The fourth-order valence-electron chi connectivity index (χ4n) is 4.45. The monoisotopic (exact) mass is 401 g/mol. The molecule has 4 aromatic rings. The third-order valence-electron chi connectivity index (χ3n) is 5.82. The molecule has 0 aliphatic carbocycles. The van der Waals surface area contributed by atoms with Crippen LogP contribution in [0.3, 0.4) is 0 Å². The number of thiophene rings is 1. The number of carbonyl (C=O) groups excluding carboxylic acids is 1. The highest BCUT2D eigenvalue weighted by molar-refractivity contribution is 7.21. The molecule has 146 valence electrons. The van der Waals surface area contributed by atoms with Crippen molar-refractivity contribution in [2.75, 3.05) is 20.1 Å². The van der Waals surface area contributed by atoms with Crippen LogP contribution in [0.2, 0.25) is 0 Å². The van der Waals surface area contributed by atoms with E-state index in [1.54, 1.807) is 18.4 Å². The molecule has 1 amide bonds. The predicted molar refractivity (Wildman–Crippen MR) is 120 cm³/mol. The Bertz CT molecular complexity index is 1200. The summed E-state index contributed by atoms with van der Waals surface area (Å²) in [5.41, 5.74) is 3.58. The van der Waals surface area contributed by atoms with E-state index in [0.29, 0.717) is 5.92 Å². The van der Waals surface area contributed by atoms with Gasteiger partial charge in [-0.25, -0.2) is 0 Å². The molecular formula is C24H23N3OS. The minimum atomic E-state index is 0.0293. The van der Waals surface area contributed by atoms with E-state index in [-0.39, 0.29) is 5.91 Å². The van der Waals surface area contributed by atoms with E-state index in [0.717, 1.165) is 36.4 Å². The highest BCUT2D eigenvalue weighted by atomic mass is 32.1. The van der Waals surface area contributed by atoms with Crippen molar-refractivity contribution in [1.29, 1.82) is 0 Å². The first-order valence-corrected chi connectivity index (χ1v) is 10.8. The number of likely N-dealkylation sites (tertiary alicyclic amines) is 1. The molecule has 1 aliphatic heterocycles. The van der Waals surface area contributed by atoms with Gasteiger partial charge in [-0.15, -0.1) is 11.3 Å². The molecule has 2 aromatic heterocycles. The Morgan fingerprint density at radius 2 is 2.10 bits per heavy atom. The summed E-state index contributed by atoms with van der Waals surface area (Å²) < 4.78 is 1.20. The zero-order valence-corrected chi connectivity index (χ0v) is 17.2. The van der Waals surface area contributed by atoms with E-state index >= 15 is 0 Å². The number of hydrogen-bond donors (Lipinski definition) is 1. The van der Waals surface area contributed by atoms with Crippen LogP contribution in [-0.2, 0) is 6.54 Å². The number of fused-ring (bicyclic) bond motifs is 2. The molecule has 1 atom stereocenters. The van der Waals surface area contributed by atoms with Crippen molar-refractivity contribution in [2.45, 2.75) is 18.9 Å². The highest BCUT2D eigenvalue weighted by Gasteiger charge is 2.30. The third-order valence-corrected chi connectivity index (χ3v) is 7.01. The average molecular weight is 402 g/mol. The van der Waals surface area contributed by atoms with Crippen LogP contribution in [0.1, 0.15) is 33.1 Å². The number of amides is 1. The summed E-state index contributed by atoms with van der Waals surface area (Å²) in [6.45, 7) is 2.96. The number of carbonyl (C=O) groups is 1. The second-order valence-electron chi connectivity index (χ2n) is 7.67. The smallest absolute Gasteiger partial charge is 0.261 e. The van der Waals surface area contributed by atoms with Gasteiger partial charge in [0.15, 0.2) is 0 Å². The predicted octanol–water partition coefficient (Wildman–Crippen LogP) is 4.80. The van der Waals surface area contributed by atoms with Crippen molar-refractivity contribution < 1.29 is 4.79 Å². The number of hydrogen-bond acceptors (Lipinski definition) is 4. The van der Waals surface area contributed by atoms with Gasteiger partial charge in [0.1, 0.15) is 0 Å². The van der Waals surface area contributed by atoms with Crippen molar-refractivity contribution in [3.8, 4) is 0 Å². The van der Waals surface area contributed by atoms with Gasteiger partial charge >= 0.3 is 0 Å². The van der Waals surface area contributed by atoms with Gasteiger partial charge in [0.25, 0.3) is 5.91 Å². The molecule has 4 nitrogen and oxygen atoms in total. The summed E-state index contributed by atoms with van der Waals surface area (Å²) in [6.07, 6.45) is 2.92. The van der Waals surface area contributed by atoms with Crippen LogP contribution in [0, 0.1) is 0 Å². The first-order chi connectivity index (χ1) is 14.2. The Morgan fingerprint density at radius 3 is 3.00 bits per heavy atom. The molecule has 0 spiro atoms. The fraction of sp³-hybridized carbons (Fsp3) is 0.250. The number of benzene rings is 2. The van der Waals surface area contributed by atoms with Gasteiger partial charge in [-0.2, -0.15) is 0 Å². The van der Waals surface area contributed by atoms with Gasteiger partial charge in [-0.1, -0.05) is 30.3 Å². The summed E-state index contributed by atoms with van der Waals surface area (Å²) in [7, 11) is 1.71. The quantitative estimate of drug-likeness (QED) is 0.534. The van der Waals surface area contributed by atoms with E-state index in [1.807, 2.05) is 18.3 Å². The molecular weight excluding hydrogens is 378 g/mol. The summed E-state index contributed by atoms with van der Waals surface area (Å²) in [5.74, 6) is 0.419. The van der Waals surface area contributed by atoms with Crippen molar-refractivity contribution in [3.05, 3.63) is 76.8 Å². The molecule has 2 aromatic carbocycles. The van der Waals surface area contributed by atoms with E-state index in [1.165, 1.54) is 26.6 Å². The van der Waals surface area contributed by atoms with Crippen molar-refractivity contribution in [3.63, 3.8) is 0 Å². The van der Waals surface area contributed by atoms with Crippen molar-refractivity contribution >= 4 is 38.2 Å². The van der Waals surface area contributed by atoms with Crippen LogP contribution in [0.25, 0.3) is 21.0 Å². The molecule has 1 saturated heterocycles. The standard InChI is InChI=1S/C24H23N3OS/c1-25-24(28)23-22(19-6-2-3-7-21(19)29-23)18-10-12-27(15-18)14-16-8-9-20-17(13-16)5-4-11-26-20/h2-9,11,13,18H,10,12,14-15H2,1H3,(H,25,28). The van der Waals surface area contributed by atoms with Crippen LogP contribution in [-0.4, -0.2) is 35.9 Å². The molecule has 5 heteroatoms. The maximum atomic E-state index is 12.5. The molecule has 1 N–H and O–H groups in total. The van der Waals surface area contributed by atoms with Crippen molar-refractivity contribution in [1.82, 2.24) is 15.2 Å². The Balaban J connectivity index is 1.41. The number of nitrogens with one attached hydrogen (secondary N) is 1. The van der Waals surface area contributed by atoms with Crippen LogP contribution in [0.5, 0.6) is 0 Å². The molecule has 0 saturated carbocycles. The Kier molecular flexibility index (Phi) is 4.78. The van der Waals surface area contributed by atoms with Gasteiger partial charge in [0.05, 0.1) is 10.4 Å². The maximum Gasteiger partial charge on any atom is 0.261 e.